The molecule has 17 heavy (non-hydrogen) atoms. The van der Waals surface area contributed by atoms with E-state index in [2.05, 4.69) is 15.9 Å². The number of hydrogen-bond acceptors (Lipinski definition) is 3. The number of aromatic carboxylic acids is 1. The van der Waals surface area contributed by atoms with Crippen molar-refractivity contribution in [1.29, 1.82) is 0 Å². The van der Waals surface area contributed by atoms with Gasteiger partial charge in [-0.05, 0) is 24.6 Å². The number of benzene rings is 1. The van der Waals surface area contributed by atoms with Gasteiger partial charge in [0.05, 0.1) is 12.2 Å². The summed E-state index contributed by atoms with van der Waals surface area (Å²) >= 11 is 3.26. The molecule has 0 saturated heterocycles. The number of carbonyl (C=O) groups is 1. The average molecular weight is 303 g/mol. The van der Waals surface area contributed by atoms with Crippen molar-refractivity contribution in [3.63, 3.8) is 0 Å². The molecule has 94 valence electrons. The van der Waals surface area contributed by atoms with Gasteiger partial charge in [0.2, 0.25) is 0 Å². The lowest BCUT2D eigenvalue weighted by Gasteiger charge is -2.17. The third-order valence-corrected chi connectivity index (χ3v) is 2.69. The van der Waals surface area contributed by atoms with E-state index in [4.69, 9.17) is 14.6 Å². The summed E-state index contributed by atoms with van der Waals surface area (Å²) < 4.78 is 11.4. The molecule has 1 atom stereocenters. The van der Waals surface area contributed by atoms with Crippen molar-refractivity contribution in [1.82, 2.24) is 0 Å². The second kappa shape index (κ2) is 6.61. The van der Waals surface area contributed by atoms with E-state index in [0.29, 0.717) is 16.8 Å². The predicted molar refractivity (Wildman–Crippen MR) is 67.7 cm³/mol. The lowest BCUT2D eigenvalue weighted by atomic mass is 10.2. The van der Waals surface area contributed by atoms with Crippen molar-refractivity contribution in [3.8, 4) is 5.75 Å². The Morgan fingerprint density at radius 3 is 2.71 bits per heavy atom. The third kappa shape index (κ3) is 4.36. The first-order chi connectivity index (χ1) is 8.06. The number of halogens is 1. The summed E-state index contributed by atoms with van der Waals surface area (Å²) in [7, 11) is 1.61. The molecule has 0 aliphatic heterocycles. The van der Waals surface area contributed by atoms with Gasteiger partial charge < -0.3 is 14.6 Å². The molecule has 1 aromatic rings. The van der Waals surface area contributed by atoms with E-state index in [1.807, 2.05) is 6.92 Å². The molecule has 0 bridgehead atoms. The number of ether oxygens (including phenoxy) is 2. The summed E-state index contributed by atoms with van der Waals surface area (Å²) in [5.74, 6) is -0.448. The molecule has 0 radical (unpaired) electrons. The fourth-order valence-electron chi connectivity index (χ4n) is 1.37. The highest BCUT2D eigenvalue weighted by atomic mass is 79.9. The van der Waals surface area contributed by atoms with Gasteiger partial charge in [0.25, 0.3) is 0 Å². The van der Waals surface area contributed by atoms with E-state index in [1.54, 1.807) is 13.2 Å². The van der Waals surface area contributed by atoms with Gasteiger partial charge in [-0.15, -0.1) is 0 Å². The second-order valence-corrected chi connectivity index (χ2v) is 4.50. The van der Waals surface area contributed by atoms with Gasteiger partial charge in [-0.2, -0.15) is 0 Å². The maximum Gasteiger partial charge on any atom is 0.335 e. The molecule has 0 aliphatic rings. The van der Waals surface area contributed by atoms with E-state index < -0.39 is 5.97 Å². The van der Waals surface area contributed by atoms with E-state index in [1.165, 1.54) is 12.1 Å². The lowest BCUT2D eigenvalue weighted by Crippen LogP contribution is -2.21. The lowest BCUT2D eigenvalue weighted by molar-refractivity contribution is 0.0691. The van der Waals surface area contributed by atoms with Crippen molar-refractivity contribution in [3.05, 3.63) is 28.2 Å². The van der Waals surface area contributed by atoms with Crippen LogP contribution in [0.3, 0.4) is 0 Å². The Morgan fingerprint density at radius 2 is 2.18 bits per heavy atom. The first-order valence-corrected chi connectivity index (χ1v) is 6.05. The van der Waals surface area contributed by atoms with Gasteiger partial charge in [-0.1, -0.05) is 22.9 Å². The zero-order chi connectivity index (χ0) is 12.8. The number of methoxy groups -OCH3 is 1. The van der Waals surface area contributed by atoms with E-state index >= 15 is 0 Å². The van der Waals surface area contributed by atoms with E-state index in [0.717, 1.165) is 6.42 Å². The summed E-state index contributed by atoms with van der Waals surface area (Å²) in [6.45, 7) is 2.46. The Morgan fingerprint density at radius 1 is 1.47 bits per heavy atom. The monoisotopic (exact) mass is 302 g/mol. The normalized spacial score (nSPS) is 12.2. The highest BCUT2D eigenvalue weighted by Gasteiger charge is 2.11. The van der Waals surface area contributed by atoms with Crippen LogP contribution in [0.4, 0.5) is 0 Å². The maximum atomic E-state index is 10.9. The number of carboxylic acid groups (broad SMARTS) is 1. The summed E-state index contributed by atoms with van der Waals surface area (Å²) in [6.07, 6.45) is 0.721. The van der Waals surface area contributed by atoms with E-state index in [9.17, 15) is 4.79 Å². The fourth-order valence-corrected chi connectivity index (χ4v) is 1.84. The van der Waals surface area contributed by atoms with E-state index in [-0.39, 0.29) is 11.7 Å². The van der Waals surface area contributed by atoms with Crippen LogP contribution in [0.15, 0.2) is 22.7 Å². The van der Waals surface area contributed by atoms with Crippen LogP contribution in [0.25, 0.3) is 0 Å². The number of hydrogen-bond donors (Lipinski definition) is 1. The molecule has 0 spiro atoms. The van der Waals surface area contributed by atoms with Crippen LogP contribution in [0, 0.1) is 0 Å². The summed E-state index contributed by atoms with van der Waals surface area (Å²) in [5.41, 5.74) is 0.196. The fraction of sp³-hybridized carbons (Fsp3) is 0.417. The first-order valence-electron chi connectivity index (χ1n) is 5.26. The molecule has 0 amide bonds. The van der Waals surface area contributed by atoms with Crippen LogP contribution in [0.5, 0.6) is 5.75 Å². The van der Waals surface area contributed by atoms with Gasteiger partial charge >= 0.3 is 5.97 Å². The summed E-state index contributed by atoms with van der Waals surface area (Å²) in [6, 6.07) is 4.78. The molecular weight excluding hydrogens is 288 g/mol. The number of rotatable bonds is 6. The van der Waals surface area contributed by atoms with Crippen molar-refractivity contribution >= 4 is 21.9 Å². The zero-order valence-electron chi connectivity index (χ0n) is 9.77. The van der Waals surface area contributed by atoms with Crippen molar-refractivity contribution in [2.45, 2.75) is 19.4 Å². The molecule has 5 heteroatoms. The summed E-state index contributed by atoms with van der Waals surface area (Å²) in [4.78, 5) is 10.9. The smallest absolute Gasteiger partial charge is 0.335 e. The molecule has 1 rings (SSSR count). The molecule has 0 aliphatic carbocycles. The van der Waals surface area contributed by atoms with Gasteiger partial charge in [-0.3, -0.25) is 0 Å². The van der Waals surface area contributed by atoms with Crippen molar-refractivity contribution in [2.75, 3.05) is 13.7 Å². The van der Waals surface area contributed by atoms with Crippen LogP contribution in [-0.4, -0.2) is 30.9 Å². The SMILES string of the molecule is CCC(COC)Oc1cc(Br)cc(C(=O)O)c1. The van der Waals surface area contributed by atoms with Gasteiger partial charge in [0.1, 0.15) is 11.9 Å². The zero-order valence-corrected chi connectivity index (χ0v) is 11.4. The Kier molecular flexibility index (Phi) is 5.44. The third-order valence-electron chi connectivity index (χ3n) is 2.23. The van der Waals surface area contributed by atoms with Crippen LogP contribution < -0.4 is 4.74 Å². The summed E-state index contributed by atoms with van der Waals surface area (Å²) in [5, 5.41) is 8.93. The molecule has 1 aromatic carbocycles. The Balaban J connectivity index is 2.86. The minimum absolute atomic E-state index is 0.0732. The van der Waals surface area contributed by atoms with Crippen LogP contribution in [0.1, 0.15) is 23.7 Å². The molecule has 0 aromatic heterocycles. The number of carboxylic acids is 1. The highest BCUT2D eigenvalue weighted by molar-refractivity contribution is 9.10. The van der Waals surface area contributed by atoms with Crippen LogP contribution >= 0.6 is 15.9 Å². The average Bonchev–Trinajstić information content (AvgIpc) is 2.27. The first kappa shape index (κ1) is 14.0. The Labute approximate surface area is 109 Å². The Bertz CT molecular complexity index is 392. The second-order valence-electron chi connectivity index (χ2n) is 3.58. The van der Waals surface area contributed by atoms with Gasteiger partial charge in [0, 0.05) is 11.6 Å². The Hall–Kier alpha value is -1.07. The predicted octanol–water partition coefficient (Wildman–Crippen LogP) is 2.95. The van der Waals surface area contributed by atoms with Gasteiger partial charge in [0.15, 0.2) is 0 Å². The van der Waals surface area contributed by atoms with Crippen LogP contribution in [-0.2, 0) is 4.74 Å². The standard InChI is InChI=1S/C12H15BrO4/c1-3-10(7-16-2)17-11-5-8(12(14)15)4-9(13)6-11/h4-6,10H,3,7H2,1-2H3,(H,14,15). The molecular formula is C12H15BrO4. The largest absolute Gasteiger partial charge is 0.488 e. The topological polar surface area (TPSA) is 55.8 Å². The molecule has 4 nitrogen and oxygen atoms in total. The van der Waals surface area contributed by atoms with Crippen molar-refractivity contribution in [2.24, 2.45) is 0 Å². The molecule has 1 unspecified atom stereocenters. The quantitative estimate of drug-likeness (QED) is 0.878. The molecule has 1 N–H and O–H groups in total. The van der Waals surface area contributed by atoms with Gasteiger partial charge in [-0.25, -0.2) is 4.79 Å². The van der Waals surface area contributed by atoms with Crippen molar-refractivity contribution < 1.29 is 19.4 Å². The maximum absolute atomic E-state index is 10.9. The molecule has 0 fully saturated rings. The highest BCUT2D eigenvalue weighted by Crippen LogP contribution is 2.23. The minimum Gasteiger partial charge on any atom is -0.488 e. The minimum atomic E-state index is -0.976. The van der Waals surface area contributed by atoms with Crippen LogP contribution in [0.2, 0.25) is 0 Å². The molecule has 0 heterocycles. The molecule has 0 saturated carbocycles.